The first-order chi connectivity index (χ1) is 3.79. The normalized spacial score (nSPS) is 24.8. The Morgan fingerprint density at radius 3 is 2.50 bits per heavy atom. The van der Waals surface area contributed by atoms with Crippen LogP contribution in [0.5, 0.6) is 0 Å². The topological polar surface area (TPSA) is 44.3 Å². The highest BCUT2D eigenvalue weighted by Crippen LogP contribution is 1.90. The molecule has 0 saturated carbocycles. The zero-order chi connectivity index (χ0) is 5.98. The van der Waals surface area contributed by atoms with Crippen LogP contribution < -0.4 is 10.6 Å². The summed E-state index contributed by atoms with van der Waals surface area (Å²) >= 11 is 0. The molecule has 3 N–H and O–H groups in total. The first-order valence-electron chi connectivity index (χ1n) is 2.94. The Balaban J connectivity index is 2.01. The van der Waals surface area contributed by atoms with Gasteiger partial charge in [-0.1, -0.05) is 0 Å². The standard InChI is InChI=1S/C5H12N2O/c1-4(8)7-5-2-6-3-5/h4-8H,2-3H2,1H3. The molecule has 8 heavy (non-hydrogen) atoms. The number of hydrogen-bond donors (Lipinski definition) is 3. The van der Waals surface area contributed by atoms with E-state index in [9.17, 15) is 0 Å². The van der Waals surface area contributed by atoms with Gasteiger partial charge >= 0.3 is 0 Å². The fourth-order valence-electron chi connectivity index (χ4n) is 0.748. The van der Waals surface area contributed by atoms with Crippen molar-refractivity contribution in [3.63, 3.8) is 0 Å². The van der Waals surface area contributed by atoms with Gasteiger partial charge in [-0.25, -0.2) is 0 Å². The van der Waals surface area contributed by atoms with E-state index in [1.54, 1.807) is 6.92 Å². The van der Waals surface area contributed by atoms with Gasteiger partial charge in [0, 0.05) is 19.1 Å². The smallest absolute Gasteiger partial charge is 0.102 e. The van der Waals surface area contributed by atoms with Gasteiger partial charge in [-0.15, -0.1) is 0 Å². The van der Waals surface area contributed by atoms with Crippen LogP contribution in [-0.2, 0) is 0 Å². The second kappa shape index (κ2) is 2.44. The van der Waals surface area contributed by atoms with Gasteiger partial charge in [0.05, 0.1) is 0 Å². The van der Waals surface area contributed by atoms with Crippen molar-refractivity contribution in [2.45, 2.75) is 19.2 Å². The summed E-state index contributed by atoms with van der Waals surface area (Å²) in [5.74, 6) is 0. The summed E-state index contributed by atoms with van der Waals surface area (Å²) in [4.78, 5) is 0. The molecule has 0 bridgehead atoms. The minimum absolute atomic E-state index is 0.359. The molecule has 0 amide bonds. The van der Waals surface area contributed by atoms with E-state index in [2.05, 4.69) is 10.6 Å². The van der Waals surface area contributed by atoms with E-state index in [1.165, 1.54) is 0 Å². The lowest BCUT2D eigenvalue weighted by Gasteiger charge is -2.29. The third kappa shape index (κ3) is 1.43. The van der Waals surface area contributed by atoms with Crippen LogP contribution in [0.15, 0.2) is 0 Å². The van der Waals surface area contributed by atoms with E-state index in [-0.39, 0.29) is 6.23 Å². The molecule has 0 aliphatic carbocycles. The van der Waals surface area contributed by atoms with Crippen molar-refractivity contribution >= 4 is 0 Å². The molecule has 3 nitrogen and oxygen atoms in total. The number of nitrogens with one attached hydrogen (secondary N) is 2. The lowest BCUT2D eigenvalue weighted by atomic mass is 10.2. The largest absolute Gasteiger partial charge is 0.379 e. The summed E-state index contributed by atoms with van der Waals surface area (Å²) in [6.45, 7) is 3.72. The maximum absolute atomic E-state index is 8.75. The summed E-state index contributed by atoms with van der Waals surface area (Å²) in [6, 6.07) is 0.495. The highest BCUT2D eigenvalue weighted by Gasteiger charge is 2.16. The molecule has 0 radical (unpaired) electrons. The molecular weight excluding hydrogens is 104 g/mol. The highest BCUT2D eigenvalue weighted by molar-refractivity contribution is 4.81. The van der Waals surface area contributed by atoms with E-state index in [4.69, 9.17) is 5.11 Å². The van der Waals surface area contributed by atoms with Gasteiger partial charge in [0.1, 0.15) is 6.23 Å². The van der Waals surface area contributed by atoms with Gasteiger partial charge in [0.15, 0.2) is 0 Å². The molecule has 1 fully saturated rings. The molecule has 1 aliphatic rings. The second-order valence-electron chi connectivity index (χ2n) is 2.20. The van der Waals surface area contributed by atoms with Crippen LogP contribution in [0.1, 0.15) is 6.92 Å². The Labute approximate surface area is 49.1 Å². The summed E-state index contributed by atoms with van der Waals surface area (Å²) in [5, 5.41) is 14.8. The van der Waals surface area contributed by atoms with Crippen molar-refractivity contribution in [2.75, 3.05) is 13.1 Å². The first-order valence-corrected chi connectivity index (χ1v) is 2.94. The Bertz CT molecular complexity index is 70.8. The first kappa shape index (κ1) is 6.01. The fourth-order valence-corrected chi connectivity index (χ4v) is 0.748. The Hall–Kier alpha value is -0.120. The van der Waals surface area contributed by atoms with E-state index in [0.29, 0.717) is 6.04 Å². The average Bonchev–Trinajstić information content (AvgIpc) is 1.55. The maximum atomic E-state index is 8.75. The van der Waals surface area contributed by atoms with Gasteiger partial charge in [0.25, 0.3) is 0 Å². The van der Waals surface area contributed by atoms with Crippen molar-refractivity contribution < 1.29 is 5.11 Å². The summed E-state index contributed by atoms with van der Waals surface area (Å²) in [5.41, 5.74) is 0. The molecule has 1 aliphatic heterocycles. The van der Waals surface area contributed by atoms with Gasteiger partial charge in [-0.3, -0.25) is 5.32 Å². The molecule has 0 aromatic heterocycles. The predicted molar refractivity (Wildman–Crippen MR) is 31.5 cm³/mol. The predicted octanol–water partition coefficient (Wildman–Crippen LogP) is -1.11. The molecule has 0 spiro atoms. The third-order valence-corrected chi connectivity index (χ3v) is 1.26. The van der Waals surface area contributed by atoms with Crippen LogP contribution in [0, 0.1) is 0 Å². The molecule has 1 unspecified atom stereocenters. The van der Waals surface area contributed by atoms with E-state index in [1.807, 2.05) is 0 Å². The van der Waals surface area contributed by atoms with Crippen LogP contribution in [0.2, 0.25) is 0 Å². The average molecular weight is 116 g/mol. The van der Waals surface area contributed by atoms with Crippen LogP contribution in [-0.4, -0.2) is 30.5 Å². The van der Waals surface area contributed by atoms with Crippen LogP contribution in [0.4, 0.5) is 0 Å². The molecule has 1 heterocycles. The van der Waals surface area contributed by atoms with E-state index >= 15 is 0 Å². The minimum atomic E-state index is -0.359. The lowest BCUT2D eigenvalue weighted by Crippen LogP contribution is -2.57. The quantitative estimate of drug-likeness (QED) is 0.401. The molecule has 48 valence electrons. The van der Waals surface area contributed by atoms with Crippen molar-refractivity contribution in [1.82, 2.24) is 10.6 Å². The summed E-state index contributed by atoms with van der Waals surface area (Å²) in [6.07, 6.45) is -0.359. The van der Waals surface area contributed by atoms with Gasteiger partial charge in [0.2, 0.25) is 0 Å². The fraction of sp³-hybridized carbons (Fsp3) is 1.00. The maximum Gasteiger partial charge on any atom is 0.102 e. The number of rotatable bonds is 2. The SMILES string of the molecule is CC(O)NC1CNC1. The van der Waals surface area contributed by atoms with Crippen molar-refractivity contribution in [3.8, 4) is 0 Å². The highest BCUT2D eigenvalue weighted by atomic mass is 16.3. The number of aliphatic hydroxyl groups is 1. The third-order valence-electron chi connectivity index (χ3n) is 1.26. The van der Waals surface area contributed by atoms with Crippen LogP contribution >= 0.6 is 0 Å². The van der Waals surface area contributed by atoms with Crippen molar-refractivity contribution in [3.05, 3.63) is 0 Å². The lowest BCUT2D eigenvalue weighted by molar-refractivity contribution is 0.127. The van der Waals surface area contributed by atoms with E-state index in [0.717, 1.165) is 13.1 Å². The molecule has 3 heteroatoms. The van der Waals surface area contributed by atoms with Gasteiger partial charge in [-0.05, 0) is 6.92 Å². The zero-order valence-electron chi connectivity index (χ0n) is 5.02. The number of aliphatic hydroxyl groups excluding tert-OH is 1. The number of hydrogen-bond acceptors (Lipinski definition) is 3. The Kier molecular flexibility index (Phi) is 1.83. The van der Waals surface area contributed by atoms with Crippen molar-refractivity contribution in [2.24, 2.45) is 0 Å². The molecule has 1 atom stereocenters. The minimum Gasteiger partial charge on any atom is -0.379 e. The molecule has 1 saturated heterocycles. The van der Waals surface area contributed by atoms with Gasteiger partial charge in [-0.2, -0.15) is 0 Å². The second-order valence-corrected chi connectivity index (χ2v) is 2.20. The summed E-state index contributed by atoms with van der Waals surface area (Å²) < 4.78 is 0. The van der Waals surface area contributed by atoms with Crippen LogP contribution in [0.3, 0.4) is 0 Å². The molecule has 0 aromatic carbocycles. The molecular formula is C5H12N2O. The zero-order valence-corrected chi connectivity index (χ0v) is 5.02. The van der Waals surface area contributed by atoms with Gasteiger partial charge < -0.3 is 10.4 Å². The Morgan fingerprint density at radius 2 is 2.38 bits per heavy atom. The Morgan fingerprint density at radius 1 is 1.75 bits per heavy atom. The monoisotopic (exact) mass is 116 g/mol. The van der Waals surface area contributed by atoms with E-state index < -0.39 is 0 Å². The molecule has 1 rings (SSSR count). The summed E-state index contributed by atoms with van der Waals surface area (Å²) in [7, 11) is 0. The van der Waals surface area contributed by atoms with Crippen LogP contribution in [0.25, 0.3) is 0 Å². The van der Waals surface area contributed by atoms with Crippen molar-refractivity contribution in [1.29, 1.82) is 0 Å². The molecule has 0 aromatic rings.